The molecule has 166 valence electrons. The Hall–Kier alpha value is -4.64. The van der Waals surface area contributed by atoms with Gasteiger partial charge in [-0.25, -0.2) is 0 Å². The van der Waals surface area contributed by atoms with Crippen LogP contribution in [0.25, 0.3) is 43.9 Å². The minimum Gasteiger partial charge on any atom is -0.506 e. The molecule has 0 aliphatic rings. The number of nitrogens with zero attached hydrogens (tertiary/aromatic N) is 2. The van der Waals surface area contributed by atoms with Gasteiger partial charge in [0.25, 0.3) is 5.56 Å². The number of H-pyrrole nitrogens is 1. The number of hydrogen-bond acceptors (Lipinski definition) is 4. The van der Waals surface area contributed by atoms with Crippen molar-refractivity contribution < 1.29 is 18.3 Å². The molecule has 0 atom stereocenters. The van der Waals surface area contributed by atoms with E-state index in [1.54, 1.807) is 42.6 Å². The molecule has 5 aromatic rings. The Morgan fingerprint density at radius 1 is 0.912 bits per heavy atom. The van der Waals surface area contributed by atoms with Crippen molar-refractivity contribution >= 4 is 21.7 Å². The molecule has 0 amide bonds. The van der Waals surface area contributed by atoms with Crippen LogP contribution < -0.4 is 5.56 Å². The van der Waals surface area contributed by atoms with Crippen molar-refractivity contribution in [2.24, 2.45) is 0 Å². The Balaban J connectivity index is 1.92. The molecule has 0 saturated heterocycles. The van der Waals surface area contributed by atoms with Crippen molar-refractivity contribution in [1.82, 2.24) is 9.97 Å². The van der Waals surface area contributed by atoms with E-state index in [0.29, 0.717) is 10.8 Å². The number of halogens is 3. The SMILES string of the molecule is N#Cc1ccccc1-c1cc(C(F)(F)F)cc2c(O)c(-c3cncc4ccccc34)c(=O)[nH]c12. The number of aromatic amines is 1. The normalized spacial score (nSPS) is 11.6. The number of pyridine rings is 2. The molecule has 0 unspecified atom stereocenters. The summed E-state index contributed by atoms with van der Waals surface area (Å²) in [6.45, 7) is 0. The molecule has 8 heteroatoms. The maximum atomic E-state index is 13.8. The lowest BCUT2D eigenvalue weighted by molar-refractivity contribution is -0.137. The summed E-state index contributed by atoms with van der Waals surface area (Å²) in [4.78, 5) is 19.9. The van der Waals surface area contributed by atoms with E-state index in [0.717, 1.165) is 12.1 Å². The van der Waals surface area contributed by atoms with Crippen LogP contribution in [0.2, 0.25) is 0 Å². The molecule has 5 rings (SSSR count). The summed E-state index contributed by atoms with van der Waals surface area (Å²) in [5.41, 5.74) is -1.30. The molecule has 5 nitrogen and oxygen atoms in total. The summed E-state index contributed by atoms with van der Waals surface area (Å²) in [7, 11) is 0. The molecule has 3 aromatic carbocycles. The maximum absolute atomic E-state index is 13.8. The van der Waals surface area contributed by atoms with Gasteiger partial charge in [-0.2, -0.15) is 18.4 Å². The quantitative estimate of drug-likeness (QED) is 0.340. The maximum Gasteiger partial charge on any atom is 0.416 e. The first-order chi connectivity index (χ1) is 16.3. The summed E-state index contributed by atoms with van der Waals surface area (Å²) >= 11 is 0. The number of alkyl halides is 3. The van der Waals surface area contributed by atoms with Gasteiger partial charge >= 0.3 is 6.18 Å². The number of benzene rings is 3. The van der Waals surface area contributed by atoms with Gasteiger partial charge in [0.1, 0.15) is 5.75 Å². The summed E-state index contributed by atoms with van der Waals surface area (Å²) in [5, 5.41) is 21.8. The highest BCUT2D eigenvalue weighted by atomic mass is 19.4. The highest BCUT2D eigenvalue weighted by molar-refractivity contribution is 6.04. The lowest BCUT2D eigenvalue weighted by atomic mass is 9.93. The fourth-order valence-electron chi connectivity index (χ4n) is 4.14. The third-order valence-corrected chi connectivity index (χ3v) is 5.70. The highest BCUT2D eigenvalue weighted by Crippen LogP contribution is 2.42. The number of fused-ring (bicyclic) bond motifs is 2. The summed E-state index contributed by atoms with van der Waals surface area (Å²) in [6.07, 6.45) is -1.75. The Labute approximate surface area is 190 Å². The van der Waals surface area contributed by atoms with E-state index < -0.39 is 23.0 Å². The predicted molar refractivity (Wildman–Crippen MR) is 122 cm³/mol. The van der Waals surface area contributed by atoms with Crippen LogP contribution in [0.15, 0.2) is 77.9 Å². The van der Waals surface area contributed by atoms with Crippen molar-refractivity contribution in [3.63, 3.8) is 0 Å². The molecule has 0 radical (unpaired) electrons. The third-order valence-electron chi connectivity index (χ3n) is 5.70. The number of hydrogen-bond donors (Lipinski definition) is 2. The highest BCUT2D eigenvalue weighted by Gasteiger charge is 2.33. The van der Waals surface area contributed by atoms with Gasteiger partial charge in [0.05, 0.1) is 28.3 Å². The standard InChI is InChI=1S/C26H14F3N3O2/c27-26(28,29)16-9-19(17-7-3-1-5-14(17)11-30)23-20(10-16)24(33)22(25(34)32-23)21-13-31-12-15-6-2-4-8-18(15)21/h1-10,12-13H,(H2,32,33,34). The number of aromatic hydroxyl groups is 1. The van der Waals surface area contributed by atoms with Crippen LogP contribution >= 0.6 is 0 Å². The lowest BCUT2D eigenvalue weighted by Crippen LogP contribution is -2.12. The fraction of sp³-hybridized carbons (Fsp3) is 0.0385. The third kappa shape index (κ3) is 3.35. The average Bonchev–Trinajstić information content (AvgIpc) is 2.83. The monoisotopic (exact) mass is 457 g/mol. The minimum absolute atomic E-state index is 0.00449. The van der Waals surface area contributed by atoms with Crippen molar-refractivity contribution in [3.05, 3.63) is 94.5 Å². The summed E-state index contributed by atoms with van der Waals surface area (Å²) in [5.74, 6) is -0.598. The van der Waals surface area contributed by atoms with Crippen LogP contribution in [0.5, 0.6) is 5.75 Å². The van der Waals surface area contributed by atoms with E-state index in [9.17, 15) is 28.3 Å². The second-order valence-corrected chi connectivity index (χ2v) is 7.69. The van der Waals surface area contributed by atoms with Crippen molar-refractivity contribution in [2.45, 2.75) is 6.18 Å². The largest absolute Gasteiger partial charge is 0.506 e. The van der Waals surface area contributed by atoms with E-state index in [-0.39, 0.29) is 38.7 Å². The number of nitriles is 1. The van der Waals surface area contributed by atoms with Crippen LogP contribution in [0, 0.1) is 11.3 Å². The summed E-state index contributed by atoms with van der Waals surface area (Å²) < 4.78 is 41.4. The molecule has 2 N–H and O–H groups in total. The van der Waals surface area contributed by atoms with Gasteiger partial charge in [0.2, 0.25) is 0 Å². The lowest BCUT2D eigenvalue weighted by Gasteiger charge is -2.16. The van der Waals surface area contributed by atoms with Gasteiger partial charge in [-0.1, -0.05) is 42.5 Å². The Bertz CT molecular complexity index is 1690. The van der Waals surface area contributed by atoms with E-state index >= 15 is 0 Å². The summed E-state index contributed by atoms with van der Waals surface area (Å²) in [6, 6.07) is 16.8. The zero-order chi connectivity index (χ0) is 24.0. The number of aromatic nitrogens is 2. The topological polar surface area (TPSA) is 89.8 Å². The smallest absolute Gasteiger partial charge is 0.416 e. The van der Waals surface area contributed by atoms with Gasteiger partial charge < -0.3 is 10.1 Å². The Morgan fingerprint density at radius 3 is 2.41 bits per heavy atom. The van der Waals surface area contributed by atoms with Gasteiger partial charge in [-0.15, -0.1) is 0 Å². The first-order valence-electron chi connectivity index (χ1n) is 10.1. The minimum atomic E-state index is -4.73. The van der Waals surface area contributed by atoms with Crippen LogP contribution in [0.3, 0.4) is 0 Å². The molecule has 0 aliphatic heterocycles. The van der Waals surface area contributed by atoms with Gasteiger partial charge in [0, 0.05) is 39.9 Å². The zero-order valence-electron chi connectivity index (χ0n) is 17.3. The first kappa shape index (κ1) is 21.2. The molecule has 0 bridgehead atoms. The van der Waals surface area contributed by atoms with Gasteiger partial charge in [-0.3, -0.25) is 9.78 Å². The molecule has 34 heavy (non-hydrogen) atoms. The predicted octanol–water partition coefficient (Wildman–Crippen LogP) is 6.01. The van der Waals surface area contributed by atoms with Crippen LogP contribution in [0.1, 0.15) is 11.1 Å². The van der Waals surface area contributed by atoms with Gasteiger partial charge in [-0.05, 0) is 23.6 Å². The molecule has 0 fully saturated rings. The van der Waals surface area contributed by atoms with E-state index in [4.69, 9.17) is 0 Å². The number of nitrogens with one attached hydrogen (secondary N) is 1. The molecule has 0 aliphatic carbocycles. The molecule has 2 aromatic heterocycles. The Kier molecular flexibility index (Phi) is 4.83. The van der Waals surface area contributed by atoms with Crippen molar-refractivity contribution in [2.75, 3.05) is 0 Å². The molecular weight excluding hydrogens is 443 g/mol. The van der Waals surface area contributed by atoms with Crippen molar-refractivity contribution in [1.29, 1.82) is 5.26 Å². The molecule has 2 heterocycles. The van der Waals surface area contributed by atoms with Crippen LogP contribution in [-0.2, 0) is 6.18 Å². The van der Waals surface area contributed by atoms with Crippen molar-refractivity contribution in [3.8, 4) is 34.1 Å². The van der Waals surface area contributed by atoms with Crippen LogP contribution in [0.4, 0.5) is 13.2 Å². The average molecular weight is 457 g/mol. The second-order valence-electron chi connectivity index (χ2n) is 7.69. The van der Waals surface area contributed by atoms with Gasteiger partial charge in [0.15, 0.2) is 0 Å². The molecule has 0 spiro atoms. The number of rotatable bonds is 2. The van der Waals surface area contributed by atoms with E-state index in [2.05, 4.69) is 9.97 Å². The second kappa shape index (κ2) is 7.74. The van der Waals surface area contributed by atoms with E-state index in [1.165, 1.54) is 18.3 Å². The molecule has 0 saturated carbocycles. The zero-order valence-corrected chi connectivity index (χ0v) is 17.3. The van der Waals surface area contributed by atoms with E-state index in [1.807, 2.05) is 6.07 Å². The fourth-order valence-corrected chi connectivity index (χ4v) is 4.14. The Morgan fingerprint density at radius 2 is 1.65 bits per heavy atom. The van der Waals surface area contributed by atoms with Crippen LogP contribution in [-0.4, -0.2) is 15.1 Å². The first-order valence-corrected chi connectivity index (χ1v) is 10.1. The molecular formula is C26H14F3N3O2.